The molecule has 2 fully saturated rings. The summed E-state index contributed by atoms with van der Waals surface area (Å²) in [5.74, 6) is 1.97. The van der Waals surface area contributed by atoms with E-state index in [1.807, 2.05) is 12.1 Å². The minimum Gasteiger partial charge on any atom is -0.493 e. The number of benzene rings is 1. The van der Waals surface area contributed by atoms with E-state index < -0.39 is 0 Å². The Morgan fingerprint density at radius 2 is 2.23 bits per heavy atom. The predicted octanol–water partition coefficient (Wildman–Crippen LogP) is 2.12. The number of primary amides is 1. The van der Waals surface area contributed by atoms with Crippen LogP contribution in [0.3, 0.4) is 0 Å². The van der Waals surface area contributed by atoms with Crippen LogP contribution < -0.4 is 15.2 Å². The number of amides is 1. The lowest BCUT2D eigenvalue weighted by Crippen LogP contribution is -2.55. The Morgan fingerprint density at radius 3 is 2.96 bits per heavy atom. The van der Waals surface area contributed by atoms with Gasteiger partial charge in [0.2, 0.25) is 5.91 Å². The van der Waals surface area contributed by atoms with E-state index >= 15 is 0 Å². The maximum Gasteiger partial charge on any atom is 0.231 e. The number of rotatable bonds is 3. The van der Waals surface area contributed by atoms with Gasteiger partial charge in [-0.1, -0.05) is 12.1 Å². The number of carbonyl (C=O) groups is 1. The van der Waals surface area contributed by atoms with E-state index in [4.69, 9.17) is 19.9 Å². The van der Waals surface area contributed by atoms with Crippen molar-refractivity contribution in [1.82, 2.24) is 4.90 Å². The van der Waals surface area contributed by atoms with Gasteiger partial charge in [-0.2, -0.15) is 0 Å². The van der Waals surface area contributed by atoms with E-state index in [9.17, 15) is 4.79 Å². The molecular formula is C20H28N2O4. The van der Waals surface area contributed by atoms with Gasteiger partial charge in [-0.05, 0) is 38.7 Å². The Balaban J connectivity index is 1.61. The SMILES string of the molecule is COc1cccc2c1OC(C)(C)[C@@H]1C[C@H]3CN(CC(N)=O)CC[C@H]3O[C@@H]21. The van der Waals surface area contributed by atoms with Gasteiger partial charge in [0, 0.05) is 24.6 Å². The van der Waals surface area contributed by atoms with Crippen LogP contribution in [0.15, 0.2) is 18.2 Å². The molecule has 2 N–H and O–H groups in total. The minimum absolute atomic E-state index is 0.0211. The van der Waals surface area contributed by atoms with Crippen LogP contribution in [0.2, 0.25) is 0 Å². The van der Waals surface area contributed by atoms with E-state index in [1.165, 1.54) is 0 Å². The van der Waals surface area contributed by atoms with E-state index in [2.05, 4.69) is 24.8 Å². The second kappa shape index (κ2) is 6.43. The highest BCUT2D eigenvalue weighted by Crippen LogP contribution is 2.54. The van der Waals surface area contributed by atoms with Crippen LogP contribution in [-0.4, -0.2) is 49.3 Å². The van der Waals surface area contributed by atoms with Crippen molar-refractivity contribution in [2.75, 3.05) is 26.7 Å². The highest BCUT2D eigenvalue weighted by atomic mass is 16.5. The molecule has 1 amide bonds. The third-order valence-corrected chi connectivity index (χ3v) is 6.17. The molecule has 4 rings (SSSR count). The van der Waals surface area contributed by atoms with Crippen LogP contribution in [0.5, 0.6) is 11.5 Å². The fraction of sp³-hybridized carbons (Fsp3) is 0.650. The summed E-state index contributed by atoms with van der Waals surface area (Å²) in [6, 6.07) is 6.03. The van der Waals surface area contributed by atoms with Crippen molar-refractivity contribution in [3.8, 4) is 11.5 Å². The Hall–Kier alpha value is -1.79. The average Bonchev–Trinajstić information content (AvgIpc) is 2.59. The lowest BCUT2D eigenvalue weighted by molar-refractivity contribution is -0.187. The normalized spacial score (nSPS) is 32.6. The van der Waals surface area contributed by atoms with Crippen molar-refractivity contribution in [3.63, 3.8) is 0 Å². The number of hydrogen-bond donors (Lipinski definition) is 1. The molecule has 4 atom stereocenters. The Morgan fingerprint density at radius 1 is 1.42 bits per heavy atom. The van der Waals surface area contributed by atoms with Gasteiger partial charge in [-0.3, -0.25) is 9.69 Å². The van der Waals surface area contributed by atoms with Gasteiger partial charge in [0.15, 0.2) is 11.5 Å². The molecule has 0 radical (unpaired) electrons. The second-order valence-corrected chi connectivity index (χ2v) is 8.27. The van der Waals surface area contributed by atoms with Crippen LogP contribution in [0.25, 0.3) is 0 Å². The summed E-state index contributed by atoms with van der Waals surface area (Å²) in [6.45, 7) is 6.31. The largest absolute Gasteiger partial charge is 0.493 e. The number of fused-ring (bicyclic) bond motifs is 4. The first-order chi connectivity index (χ1) is 12.4. The highest BCUT2D eigenvalue weighted by molar-refractivity contribution is 5.75. The highest BCUT2D eigenvalue weighted by Gasteiger charge is 2.51. The summed E-state index contributed by atoms with van der Waals surface area (Å²) >= 11 is 0. The number of likely N-dealkylation sites (tertiary alicyclic amines) is 1. The number of nitrogens with two attached hydrogens (primary N) is 1. The lowest BCUT2D eigenvalue weighted by Gasteiger charge is -2.53. The average molecular weight is 360 g/mol. The van der Waals surface area contributed by atoms with Crippen molar-refractivity contribution in [2.24, 2.45) is 17.6 Å². The van der Waals surface area contributed by atoms with Gasteiger partial charge in [0.1, 0.15) is 5.60 Å². The van der Waals surface area contributed by atoms with Gasteiger partial charge in [0.05, 0.1) is 25.9 Å². The number of carbonyl (C=O) groups excluding carboxylic acids is 1. The molecule has 2 saturated heterocycles. The van der Waals surface area contributed by atoms with Crippen LogP contribution >= 0.6 is 0 Å². The fourth-order valence-corrected chi connectivity index (χ4v) is 4.89. The Kier molecular flexibility index (Phi) is 4.35. The summed E-state index contributed by atoms with van der Waals surface area (Å²) in [6.07, 6.45) is 2.19. The van der Waals surface area contributed by atoms with Crippen molar-refractivity contribution < 1.29 is 19.0 Å². The monoisotopic (exact) mass is 360 g/mol. The van der Waals surface area contributed by atoms with Crippen molar-refractivity contribution in [3.05, 3.63) is 23.8 Å². The lowest BCUT2D eigenvalue weighted by atomic mass is 9.70. The van der Waals surface area contributed by atoms with Gasteiger partial charge >= 0.3 is 0 Å². The van der Waals surface area contributed by atoms with Crippen molar-refractivity contribution in [2.45, 2.75) is 44.5 Å². The number of para-hydroxylation sites is 1. The summed E-state index contributed by atoms with van der Waals surface area (Å²) < 4.78 is 18.5. The summed E-state index contributed by atoms with van der Waals surface area (Å²) in [5.41, 5.74) is 6.12. The standard InChI is InChI=1S/C20H28N2O4/c1-20(2)14-9-12-10-22(11-17(21)23)8-7-15(12)25-18(14)13-5-4-6-16(24-3)19(13)26-20/h4-6,12,14-15,18H,7-11H2,1-3H3,(H2,21,23)/t12-,14+,15+,18-/m0/s1. The van der Waals surface area contributed by atoms with Crippen LogP contribution in [0, 0.1) is 11.8 Å². The van der Waals surface area contributed by atoms with Gasteiger partial charge in [-0.15, -0.1) is 0 Å². The smallest absolute Gasteiger partial charge is 0.231 e. The van der Waals surface area contributed by atoms with Crippen LogP contribution in [0.4, 0.5) is 0 Å². The van der Waals surface area contributed by atoms with E-state index in [-0.39, 0.29) is 29.6 Å². The molecule has 0 saturated carbocycles. The molecular weight excluding hydrogens is 332 g/mol. The van der Waals surface area contributed by atoms with Crippen LogP contribution in [-0.2, 0) is 9.53 Å². The zero-order chi connectivity index (χ0) is 18.5. The molecule has 0 bridgehead atoms. The molecule has 3 aliphatic rings. The van der Waals surface area contributed by atoms with E-state index in [1.54, 1.807) is 7.11 Å². The summed E-state index contributed by atoms with van der Waals surface area (Å²) in [4.78, 5) is 13.4. The number of piperidine rings is 1. The predicted molar refractivity (Wildman–Crippen MR) is 97.2 cm³/mol. The first-order valence-corrected chi connectivity index (χ1v) is 9.41. The maximum atomic E-state index is 11.3. The molecule has 3 heterocycles. The van der Waals surface area contributed by atoms with Crippen molar-refractivity contribution >= 4 is 5.91 Å². The summed E-state index contributed by atoms with van der Waals surface area (Å²) in [7, 11) is 1.67. The third-order valence-electron chi connectivity index (χ3n) is 6.17. The van der Waals surface area contributed by atoms with Gasteiger partial charge in [-0.25, -0.2) is 0 Å². The van der Waals surface area contributed by atoms with Gasteiger partial charge in [0.25, 0.3) is 0 Å². The Labute approximate surface area is 154 Å². The molecule has 1 aromatic carbocycles. The number of ether oxygens (including phenoxy) is 3. The molecule has 0 spiro atoms. The Bertz CT molecular complexity index is 705. The molecule has 0 aliphatic carbocycles. The maximum absolute atomic E-state index is 11.3. The zero-order valence-electron chi connectivity index (χ0n) is 15.7. The quantitative estimate of drug-likeness (QED) is 0.894. The molecule has 26 heavy (non-hydrogen) atoms. The molecule has 6 nitrogen and oxygen atoms in total. The minimum atomic E-state index is -0.344. The number of nitrogens with zero attached hydrogens (tertiary/aromatic N) is 1. The second-order valence-electron chi connectivity index (χ2n) is 8.27. The first kappa shape index (κ1) is 17.6. The molecule has 0 aromatic heterocycles. The first-order valence-electron chi connectivity index (χ1n) is 9.41. The molecule has 6 heteroatoms. The van der Waals surface area contributed by atoms with E-state index in [0.717, 1.165) is 43.0 Å². The molecule has 3 aliphatic heterocycles. The fourth-order valence-electron chi connectivity index (χ4n) is 4.89. The topological polar surface area (TPSA) is 74.0 Å². The molecule has 142 valence electrons. The molecule has 1 aromatic rings. The molecule has 0 unspecified atom stereocenters. The van der Waals surface area contributed by atoms with Gasteiger partial charge < -0.3 is 19.9 Å². The van der Waals surface area contributed by atoms with Crippen LogP contribution in [0.1, 0.15) is 38.4 Å². The van der Waals surface area contributed by atoms with E-state index in [0.29, 0.717) is 12.5 Å². The third kappa shape index (κ3) is 2.95. The zero-order valence-corrected chi connectivity index (χ0v) is 15.7. The number of methoxy groups -OCH3 is 1. The summed E-state index contributed by atoms with van der Waals surface area (Å²) in [5, 5.41) is 0. The van der Waals surface area contributed by atoms with Crippen molar-refractivity contribution in [1.29, 1.82) is 0 Å². The number of hydrogen-bond acceptors (Lipinski definition) is 5.